The number of carbonyl (C=O) groups is 2. The molecular weight excluding hydrogens is 445 g/mol. The van der Waals surface area contributed by atoms with Gasteiger partial charge in [-0.15, -0.1) is 10.2 Å². The molecule has 3 aromatic rings. The molecule has 0 unspecified atom stereocenters. The van der Waals surface area contributed by atoms with E-state index < -0.39 is 0 Å². The third kappa shape index (κ3) is 5.46. The maximum absolute atomic E-state index is 13.8. The maximum atomic E-state index is 13.8. The van der Waals surface area contributed by atoms with Crippen LogP contribution in [-0.4, -0.2) is 47.2 Å². The number of aromatic nitrogens is 2. The van der Waals surface area contributed by atoms with E-state index in [0.717, 1.165) is 12.8 Å². The van der Waals surface area contributed by atoms with Crippen LogP contribution < -0.4 is 15.4 Å². The molecule has 0 aliphatic carbocycles. The van der Waals surface area contributed by atoms with E-state index in [-0.39, 0.29) is 28.7 Å². The molecule has 10 heteroatoms. The molecule has 0 saturated carbocycles. The van der Waals surface area contributed by atoms with Gasteiger partial charge in [-0.1, -0.05) is 17.4 Å². The van der Waals surface area contributed by atoms with Crippen LogP contribution in [0.2, 0.25) is 0 Å². The number of methoxy groups -OCH3 is 1. The van der Waals surface area contributed by atoms with Crippen molar-refractivity contribution in [3.05, 3.63) is 63.9 Å². The number of anilines is 2. The van der Waals surface area contributed by atoms with E-state index in [2.05, 4.69) is 20.8 Å². The Hall–Kier alpha value is -3.53. The highest BCUT2D eigenvalue weighted by molar-refractivity contribution is 7.13. The summed E-state index contributed by atoms with van der Waals surface area (Å²) in [6.45, 7) is 2.72. The average Bonchev–Trinajstić information content (AvgIpc) is 3.33. The number of nitrogens with zero attached hydrogens (tertiary/aromatic N) is 3. The zero-order chi connectivity index (χ0) is 23.4. The minimum Gasteiger partial charge on any atom is -0.497 e. The third-order valence-electron chi connectivity index (χ3n) is 5.46. The minimum atomic E-state index is -0.362. The van der Waals surface area contributed by atoms with Crippen LogP contribution >= 0.6 is 11.3 Å². The fraction of sp³-hybridized carbons (Fsp3) is 0.304. The van der Waals surface area contributed by atoms with Crippen LogP contribution in [0.25, 0.3) is 0 Å². The van der Waals surface area contributed by atoms with E-state index in [0.29, 0.717) is 40.8 Å². The molecule has 3 amide bonds. The normalized spacial score (nSPS) is 15.7. The SMILES string of the molecule is COc1ccc(NC(=O)c2nnc([C@H]3CCCN(C(=O)Nc4ccc(C)c(F)c4)C3)s2)cc1. The number of nitrogens with one attached hydrogen (secondary N) is 2. The lowest BCUT2D eigenvalue weighted by Crippen LogP contribution is -2.41. The van der Waals surface area contributed by atoms with Gasteiger partial charge in [0.1, 0.15) is 16.6 Å². The van der Waals surface area contributed by atoms with E-state index in [1.807, 2.05) is 0 Å². The van der Waals surface area contributed by atoms with Crippen molar-refractivity contribution < 1.29 is 18.7 Å². The standard InChI is InChI=1S/C23H24FN5O3S/c1-14-5-6-17(12-19(14)24)26-23(31)29-11-3-4-15(13-29)21-27-28-22(33-21)20(30)25-16-7-9-18(32-2)10-8-16/h5-10,12,15H,3-4,11,13H2,1-2H3,(H,25,30)(H,26,31)/t15-/m0/s1. The number of aryl methyl sites for hydroxylation is 1. The largest absolute Gasteiger partial charge is 0.497 e. The van der Waals surface area contributed by atoms with Gasteiger partial charge >= 0.3 is 6.03 Å². The number of benzene rings is 2. The van der Waals surface area contributed by atoms with Crippen LogP contribution in [0.4, 0.5) is 20.6 Å². The molecule has 0 spiro atoms. The molecule has 1 aliphatic heterocycles. The van der Waals surface area contributed by atoms with Gasteiger partial charge in [-0.2, -0.15) is 0 Å². The third-order valence-corrected chi connectivity index (χ3v) is 6.55. The Balaban J connectivity index is 1.37. The second-order valence-corrected chi connectivity index (χ2v) is 8.82. The molecular formula is C23H24FN5O3S. The van der Waals surface area contributed by atoms with Crippen molar-refractivity contribution in [2.45, 2.75) is 25.7 Å². The predicted octanol–water partition coefficient (Wildman–Crippen LogP) is 4.66. The molecule has 0 radical (unpaired) electrons. The summed E-state index contributed by atoms with van der Waals surface area (Å²) in [5.74, 6) is -0.0155. The first kappa shape index (κ1) is 22.7. The number of halogens is 1. The first-order valence-corrected chi connectivity index (χ1v) is 11.4. The van der Waals surface area contributed by atoms with Crippen molar-refractivity contribution >= 4 is 34.6 Å². The van der Waals surface area contributed by atoms with Crippen molar-refractivity contribution in [2.75, 3.05) is 30.8 Å². The lowest BCUT2D eigenvalue weighted by Gasteiger charge is -2.31. The number of ether oxygens (including phenoxy) is 1. The highest BCUT2D eigenvalue weighted by Crippen LogP contribution is 2.30. The fourth-order valence-electron chi connectivity index (χ4n) is 3.59. The molecule has 8 nitrogen and oxygen atoms in total. The monoisotopic (exact) mass is 469 g/mol. The van der Waals surface area contributed by atoms with Crippen LogP contribution in [0.3, 0.4) is 0 Å². The highest BCUT2D eigenvalue weighted by Gasteiger charge is 2.28. The number of likely N-dealkylation sites (tertiary alicyclic amines) is 1. The minimum absolute atomic E-state index is 0.0145. The molecule has 1 saturated heterocycles. The average molecular weight is 470 g/mol. The summed E-state index contributed by atoms with van der Waals surface area (Å²) in [5.41, 5.74) is 1.57. The predicted molar refractivity (Wildman–Crippen MR) is 125 cm³/mol. The van der Waals surface area contributed by atoms with E-state index >= 15 is 0 Å². The lowest BCUT2D eigenvalue weighted by molar-refractivity contribution is 0.102. The van der Waals surface area contributed by atoms with Crippen LogP contribution in [0.15, 0.2) is 42.5 Å². The molecule has 1 aromatic heterocycles. The Morgan fingerprint density at radius 3 is 2.61 bits per heavy atom. The summed E-state index contributed by atoms with van der Waals surface area (Å²) in [6.07, 6.45) is 1.64. The second-order valence-electron chi connectivity index (χ2n) is 7.81. The van der Waals surface area contributed by atoms with Gasteiger partial charge in [0, 0.05) is 30.4 Å². The van der Waals surface area contributed by atoms with Crippen molar-refractivity contribution in [3.8, 4) is 5.75 Å². The molecule has 2 aromatic carbocycles. The Labute approximate surface area is 194 Å². The number of rotatable bonds is 5. The van der Waals surface area contributed by atoms with Crippen molar-refractivity contribution in [3.63, 3.8) is 0 Å². The molecule has 1 aliphatic rings. The summed E-state index contributed by atoms with van der Waals surface area (Å²) in [7, 11) is 1.58. The Kier molecular flexibility index (Phi) is 6.83. The second kappa shape index (κ2) is 9.95. The topological polar surface area (TPSA) is 96.4 Å². The number of urea groups is 1. The Morgan fingerprint density at radius 1 is 1.12 bits per heavy atom. The lowest BCUT2D eigenvalue weighted by atomic mass is 9.99. The summed E-state index contributed by atoms with van der Waals surface area (Å²) in [4.78, 5) is 26.9. The van der Waals surface area contributed by atoms with Gasteiger partial charge in [0.2, 0.25) is 5.01 Å². The van der Waals surface area contributed by atoms with Crippen LogP contribution in [0.1, 0.15) is 39.1 Å². The molecule has 1 fully saturated rings. The van der Waals surface area contributed by atoms with Gasteiger partial charge in [-0.05, 0) is 61.7 Å². The van der Waals surface area contributed by atoms with Crippen molar-refractivity contribution in [2.24, 2.45) is 0 Å². The summed E-state index contributed by atoms with van der Waals surface area (Å²) < 4.78 is 18.9. The number of amides is 3. The summed E-state index contributed by atoms with van der Waals surface area (Å²) in [5, 5.41) is 14.8. The van der Waals surface area contributed by atoms with E-state index in [9.17, 15) is 14.0 Å². The van der Waals surface area contributed by atoms with Gasteiger partial charge in [0.15, 0.2) is 0 Å². The van der Waals surface area contributed by atoms with Crippen LogP contribution in [-0.2, 0) is 0 Å². The van der Waals surface area contributed by atoms with Gasteiger partial charge in [-0.25, -0.2) is 9.18 Å². The number of piperidine rings is 1. The van der Waals surface area contributed by atoms with Gasteiger partial charge in [0.25, 0.3) is 5.91 Å². The fourth-order valence-corrected chi connectivity index (χ4v) is 4.45. The first-order chi connectivity index (χ1) is 15.9. The molecule has 33 heavy (non-hydrogen) atoms. The molecule has 2 heterocycles. The molecule has 0 bridgehead atoms. The van der Waals surface area contributed by atoms with Gasteiger partial charge in [-0.3, -0.25) is 4.79 Å². The number of hydrogen-bond acceptors (Lipinski definition) is 6. The smallest absolute Gasteiger partial charge is 0.321 e. The molecule has 4 rings (SSSR count). The van der Waals surface area contributed by atoms with Crippen molar-refractivity contribution in [1.29, 1.82) is 0 Å². The van der Waals surface area contributed by atoms with Gasteiger partial charge < -0.3 is 20.3 Å². The first-order valence-electron chi connectivity index (χ1n) is 10.5. The van der Waals surface area contributed by atoms with Crippen LogP contribution in [0, 0.1) is 12.7 Å². The summed E-state index contributed by atoms with van der Waals surface area (Å²) in [6, 6.07) is 11.3. The highest BCUT2D eigenvalue weighted by atomic mass is 32.1. The summed E-state index contributed by atoms with van der Waals surface area (Å²) >= 11 is 1.23. The zero-order valence-electron chi connectivity index (χ0n) is 18.3. The Bertz CT molecular complexity index is 1150. The quantitative estimate of drug-likeness (QED) is 0.567. The van der Waals surface area contributed by atoms with E-state index in [1.165, 1.54) is 17.4 Å². The molecule has 172 valence electrons. The molecule has 1 atom stereocenters. The number of hydrogen-bond donors (Lipinski definition) is 2. The van der Waals surface area contributed by atoms with Gasteiger partial charge in [0.05, 0.1) is 7.11 Å². The maximum Gasteiger partial charge on any atom is 0.321 e. The van der Waals surface area contributed by atoms with Crippen molar-refractivity contribution in [1.82, 2.24) is 15.1 Å². The number of carbonyl (C=O) groups excluding carboxylic acids is 2. The van der Waals surface area contributed by atoms with Crippen LogP contribution in [0.5, 0.6) is 5.75 Å². The molecule has 2 N–H and O–H groups in total. The van der Waals surface area contributed by atoms with E-state index in [4.69, 9.17) is 4.74 Å². The van der Waals surface area contributed by atoms with E-state index in [1.54, 1.807) is 55.3 Å². The Morgan fingerprint density at radius 2 is 1.88 bits per heavy atom. The zero-order valence-corrected chi connectivity index (χ0v) is 19.1.